The third kappa shape index (κ3) is 3.77. The average Bonchev–Trinajstić information content (AvgIpc) is 3.43. The molecular formula is C17H20ClFN4O2. The van der Waals surface area contributed by atoms with Crippen LogP contribution in [0.3, 0.4) is 0 Å². The minimum absolute atomic E-state index is 0.0635. The molecule has 2 aromatic rings. The fourth-order valence-corrected chi connectivity index (χ4v) is 2.98. The normalized spacial score (nSPS) is 15.0. The van der Waals surface area contributed by atoms with Gasteiger partial charge in [0, 0.05) is 18.7 Å². The molecule has 0 amide bonds. The summed E-state index contributed by atoms with van der Waals surface area (Å²) in [6.07, 6.45) is 3.67. The number of nitrogens with one attached hydrogen (secondary N) is 1. The van der Waals surface area contributed by atoms with E-state index >= 15 is 0 Å². The zero-order chi connectivity index (χ0) is 18.0. The van der Waals surface area contributed by atoms with E-state index in [1.807, 2.05) is 0 Å². The summed E-state index contributed by atoms with van der Waals surface area (Å²) < 4.78 is 24.3. The van der Waals surface area contributed by atoms with Gasteiger partial charge < -0.3 is 20.5 Å². The topological polar surface area (TPSA) is 82.3 Å². The molecule has 0 saturated heterocycles. The molecule has 0 radical (unpaired) electrons. The van der Waals surface area contributed by atoms with Crippen molar-refractivity contribution in [3.05, 3.63) is 29.3 Å². The van der Waals surface area contributed by atoms with Crippen LogP contribution in [0.4, 0.5) is 15.9 Å². The van der Waals surface area contributed by atoms with E-state index in [-0.39, 0.29) is 11.8 Å². The van der Waals surface area contributed by atoms with E-state index in [9.17, 15) is 4.39 Å². The summed E-state index contributed by atoms with van der Waals surface area (Å²) in [7, 11) is 3.04. The molecule has 3 N–H and O–H groups in total. The smallest absolute Gasteiger partial charge is 0.165 e. The third-order valence-corrected chi connectivity index (χ3v) is 4.55. The Hall–Kier alpha value is -2.12. The summed E-state index contributed by atoms with van der Waals surface area (Å²) in [5, 5.41) is 3.61. The molecule has 6 nitrogen and oxygen atoms in total. The van der Waals surface area contributed by atoms with E-state index in [1.54, 1.807) is 7.11 Å². The van der Waals surface area contributed by atoms with Crippen LogP contribution in [0.5, 0.6) is 5.75 Å². The molecule has 0 bridgehead atoms. The first-order chi connectivity index (χ1) is 12.0. The van der Waals surface area contributed by atoms with Crippen molar-refractivity contribution in [2.24, 2.45) is 5.92 Å². The number of benzene rings is 1. The maximum absolute atomic E-state index is 14.1. The predicted molar refractivity (Wildman–Crippen MR) is 95.4 cm³/mol. The molecule has 0 spiro atoms. The molecule has 1 fully saturated rings. The molecule has 8 heteroatoms. The zero-order valence-electron chi connectivity index (χ0n) is 14.1. The summed E-state index contributed by atoms with van der Waals surface area (Å²) in [6.45, 7) is 0.557. The van der Waals surface area contributed by atoms with Crippen LogP contribution in [-0.2, 0) is 4.74 Å². The second-order valence-corrected chi connectivity index (χ2v) is 6.40. The quantitative estimate of drug-likeness (QED) is 0.781. The Balaban J connectivity index is 1.95. The van der Waals surface area contributed by atoms with E-state index in [1.165, 1.54) is 25.6 Å². The number of ether oxygens (including phenoxy) is 2. The molecule has 3 rings (SSSR count). The Bertz CT molecular complexity index is 771. The number of nitrogen functional groups attached to an aromatic ring is 1. The molecule has 1 aromatic carbocycles. The Morgan fingerprint density at radius 2 is 2.12 bits per heavy atom. The third-order valence-electron chi connectivity index (χ3n) is 4.24. The molecule has 25 heavy (non-hydrogen) atoms. The molecule has 134 valence electrons. The van der Waals surface area contributed by atoms with Crippen LogP contribution < -0.4 is 15.8 Å². The summed E-state index contributed by atoms with van der Waals surface area (Å²) in [6, 6.07) is 2.79. The van der Waals surface area contributed by atoms with Gasteiger partial charge in [-0.3, -0.25) is 0 Å². The van der Waals surface area contributed by atoms with Crippen molar-refractivity contribution in [2.75, 3.05) is 31.9 Å². The van der Waals surface area contributed by atoms with Crippen molar-refractivity contribution in [1.29, 1.82) is 0 Å². The largest absolute Gasteiger partial charge is 0.494 e. The van der Waals surface area contributed by atoms with Gasteiger partial charge in [-0.05, 0) is 24.8 Å². The lowest BCUT2D eigenvalue weighted by atomic mass is 10.1. The monoisotopic (exact) mass is 366 g/mol. The second-order valence-electron chi connectivity index (χ2n) is 5.99. The number of nitrogens with zero attached hydrogens (tertiary/aromatic N) is 2. The van der Waals surface area contributed by atoms with E-state index in [2.05, 4.69) is 15.3 Å². The van der Waals surface area contributed by atoms with Crippen LogP contribution in [0, 0.1) is 11.7 Å². The average molecular weight is 367 g/mol. The highest BCUT2D eigenvalue weighted by Crippen LogP contribution is 2.38. The lowest BCUT2D eigenvalue weighted by Gasteiger charge is -2.20. The van der Waals surface area contributed by atoms with Crippen LogP contribution in [0.1, 0.15) is 12.8 Å². The first-order valence-corrected chi connectivity index (χ1v) is 8.32. The minimum Gasteiger partial charge on any atom is -0.494 e. The van der Waals surface area contributed by atoms with Gasteiger partial charge in [-0.25, -0.2) is 14.4 Å². The summed E-state index contributed by atoms with van der Waals surface area (Å²) in [4.78, 5) is 8.40. The lowest BCUT2D eigenvalue weighted by Crippen LogP contribution is -2.28. The van der Waals surface area contributed by atoms with Crippen LogP contribution in [0.2, 0.25) is 5.02 Å². The van der Waals surface area contributed by atoms with E-state index in [0.717, 1.165) is 12.8 Å². The number of aromatic nitrogens is 2. The SMILES string of the molecule is COCC(Nc1ncnc(-c2cc(F)c(OC)cc2Cl)c1N)C1CC1. The Morgan fingerprint density at radius 3 is 2.76 bits per heavy atom. The Morgan fingerprint density at radius 1 is 1.36 bits per heavy atom. The minimum atomic E-state index is -0.537. The first-order valence-electron chi connectivity index (χ1n) is 7.94. The van der Waals surface area contributed by atoms with Crippen LogP contribution in [0.25, 0.3) is 11.3 Å². The molecule has 1 atom stereocenters. The number of anilines is 2. The molecule has 1 aliphatic rings. The number of hydrogen-bond donors (Lipinski definition) is 2. The standard InChI is InChI=1S/C17H20ClFN4O2/c1-24-7-13(9-3-4-9)23-17-15(20)16(21-8-22-17)10-5-12(19)14(25-2)6-11(10)18/h5-6,8-9,13H,3-4,7,20H2,1-2H3,(H,21,22,23). The van der Waals surface area contributed by atoms with Crippen LogP contribution in [-0.4, -0.2) is 36.8 Å². The van der Waals surface area contributed by atoms with Crippen LogP contribution in [0.15, 0.2) is 18.5 Å². The molecule has 1 saturated carbocycles. The van der Waals surface area contributed by atoms with Crippen molar-refractivity contribution in [3.8, 4) is 17.0 Å². The van der Waals surface area contributed by atoms with E-state index < -0.39 is 5.82 Å². The maximum atomic E-state index is 14.1. The molecule has 1 aliphatic carbocycles. The number of methoxy groups -OCH3 is 2. The number of hydrogen-bond acceptors (Lipinski definition) is 6. The van der Waals surface area contributed by atoms with Crippen molar-refractivity contribution in [3.63, 3.8) is 0 Å². The van der Waals surface area contributed by atoms with Crippen molar-refractivity contribution < 1.29 is 13.9 Å². The molecular weight excluding hydrogens is 347 g/mol. The van der Waals surface area contributed by atoms with Gasteiger partial charge in [0.25, 0.3) is 0 Å². The number of halogens is 2. The summed E-state index contributed by atoms with van der Waals surface area (Å²) >= 11 is 6.25. The molecule has 1 aromatic heterocycles. The van der Waals surface area contributed by atoms with Crippen LogP contribution >= 0.6 is 11.6 Å². The molecule has 1 unspecified atom stereocenters. The van der Waals surface area contributed by atoms with E-state index in [4.69, 9.17) is 26.8 Å². The lowest BCUT2D eigenvalue weighted by molar-refractivity contribution is 0.179. The van der Waals surface area contributed by atoms with Gasteiger partial charge in [0.05, 0.1) is 24.8 Å². The Labute approximate surface area is 150 Å². The van der Waals surface area contributed by atoms with Crippen molar-refractivity contribution in [1.82, 2.24) is 9.97 Å². The summed E-state index contributed by atoms with van der Waals surface area (Å²) in [5.41, 5.74) is 7.30. The highest BCUT2D eigenvalue weighted by molar-refractivity contribution is 6.33. The van der Waals surface area contributed by atoms with Gasteiger partial charge in [0.2, 0.25) is 0 Å². The highest BCUT2D eigenvalue weighted by Gasteiger charge is 2.32. The van der Waals surface area contributed by atoms with Crippen molar-refractivity contribution in [2.45, 2.75) is 18.9 Å². The Kier molecular flexibility index (Phi) is 5.24. The van der Waals surface area contributed by atoms with Gasteiger partial charge >= 0.3 is 0 Å². The van der Waals surface area contributed by atoms with Gasteiger partial charge in [0.1, 0.15) is 17.7 Å². The second kappa shape index (κ2) is 7.41. The van der Waals surface area contributed by atoms with Gasteiger partial charge in [0.15, 0.2) is 17.4 Å². The molecule has 0 aliphatic heterocycles. The van der Waals surface area contributed by atoms with Gasteiger partial charge in [-0.15, -0.1) is 0 Å². The number of nitrogens with two attached hydrogens (primary N) is 1. The summed E-state index contributed by atoms with van der Waals surface area (Å²) in [5.74, 6) is 0.560. The van der Waals surface area contributed by atoms with Gasteiger partial charge in [-0.1, -0.05) is 11.6 Å². The van der Waals surface area contributed by atoms with Gasteiger partial charge in [-0.2, -0.15) is 0 Å². The maximum Gasteiger partial charge on any atom is 0.165 e. The zero-order valence-corrected chi connectivity index (χ0v) is 14.8. The first kappa shape index (κ1) is 17.7. The van der Waals surface area contributed by atoms with Crippen molar-refractivity contribution >= 4 is 23.1 Å². The van der Waals surface area contributed by atoms with E-state index in [0.29, 0.717) is 40.3 Å². The number of rotatable bonds is 7. The fraction of sp³-hybridized carbons (Fsp3) is 0.412. The highest BCUT2D eigenvalue weighted by atomic mass is 35.5. The predicted octanol–water partition coefficient (Wildman–Crippen LogP) is 3.36. The fourth-order valence-electron chi connectivity index (χ4n) is 2.74. The molecule has 1 heterocycles.